The molecule has 1 unspecified atom stereocenters. The van der Waals surface area contributed by atoms with Gasteiger partial charge in [-0.2, -0.15) is 0 Å². The average Bonchev–Trinajstić information content (AvgIpc) is 2.73. The Bertz CT molecular complexity index is 364. The Hall–Kier alpha value is -0.610. The minimum atomic E-state index is -0.712. The Morgan fingerprint density at radius 2 is 1.83 bits per heavy atom. The van der Waals surface area contributed by atoms with Gasteiger partial charge in [-0.1, -0.05) is 13.8 Å². The predicted molar refractivity (Wildman–Crippen MR) is 94.6 cm³/mol. The third-order valence-electron chi connectivity index (χ3n) is 6.15. The van der Waals surface area contributed by atoms with E-state index in [9.17, 15) is 4.79 Å². The summed E-state index contributed by atoms with van der Waals surface area (Å²) in [6, 6.07) is 0.438. The molecule has 0 spiro atoms. The van der Waals surface area contributed by atoms with Crippen molar-refractivity contribution in [3.05, 3.63) is 0 Å². The molecule has 134 valence electrons. The molecule has 0 radical (unpaired) electrons. The molecule has 23 heavy (non-hydrogen) atoms. The van der Waals surface area contributed by atoms with Crippen LogP contribution in [0, 0.1) is 17.8 Å². The van der Waals surface area contributed by atoms with E-state index in [0.717, 1.165) is 37.1 Å². The lowest BCUT2D eigenvalue weighted by Gasteiger charge is -2.34. The van der Waals surface area contributed by atoms with Crippen LogP contribution in [0.15, 0.2) is 0 Å². The number of carboxylic acids is 1. The minimum absolute atomic E-state index is 0.171. The summed E-state index contributed by atoms with van der Waals surface area (Å²) in [6.45, 7) is 8.51. The molecule has 0 aromatic carbocycles. The van der Waals surface area contributed by atoms with E-state index in [4.69, 9.17) is 5.11 Å². The highest BCUT2D eigenvalue weighted by atomic mass is 16.4. The lowest BCUT2D eigenvalue weighted by Crippen LogP contribution is -2.37. The Labute approximate surface area is 142 Å². The van der Waals surface area contributed by atoms with Crippen molar-refractivity contribution in [2.45, 2.75) is 64.8 Å². The predicted octanol–water partition coefficient (Wildman–Crippen LogP) is 3.32. The maximum absolute atomic E-state index is 10.9. The van der Waals surface area contributed by atoms with Gasteiger partial charge in [-0.15, -0.1) is 0 Å². The van der Waals surface area contributed by atoms with Gasteiger partial charge in [-0.25, -0.2) is 0 Å². The quantitative estimate of drug-likeness (QED) is 0.814. The van der Waals surface area contributed by atoms with Gasteiger partial charge in [0.15, 0.2) is 0 Å². The number of rotatable bonds is 6. The third-order valence-corrected chi connectivity index (χ3v) is 6.15. The van der Waals surface area contributed by atoms with Crippen LogP contribution in [0.25, 0.3) is 0 Å². The Balaban J connectivity index is 1.73. The van der Waals surface area contributed by atoms with Crippen LogP contribution < -0.4 is 0 Å². The van der Waals surface area contributed by atoms with Gasteiger partial charge in [0.25, 0.3) is 0 Å². The molecule has 0 amide bonds. The number of aliphatic carboxylic acids is 1. The van der Waals surface area contributed by atoms with E-state index < -0.39 is 5.97 Å². The molecular weight excluding hydrogens is 288 g/mol. The summed E-state index contributed by atoms with van der Waals surface area (Å²) in [6.07, 6.45) is 9.10. The van der Waals surface area contributed by atoms with E-state index in [1.54, 1.807) is 0 Å². The van der Waals surface area contributed by atoms with E-state index in [1.807, 2.05) is 11.9 Å². The van der Waals surface area contributed by atoms with Crippen molar-refractivity contribution in [1.82, 2.24) is 9.80 Å². The molecular formula is C19H36N2O2. The maximum atomic E-state index is 10.9. The van der Waals surface area contributed by atoms with Crippen molar-refractivity contribution >= 4 is 5.97 Å². The highest BCUT2D eigenvalue weighted by Gasteiger charge is 2.26. The number of hydrogen-bond donors (Lipinski definition) is 1. The molecule has 1 atom stereocenters. The molecule has 0 bridgehead atoms. The fraction of sp³-hybridized carbons (Fsp3) is 0.947. The van der Waals surface area contributed by atoms with Crippen LogP contribution in [0.4, 0.5) is 0 Å². The second kappa shape index (κ2) is 9.03. The monoisotopic (exact) mass is 324 g/mol. The molecule has 0 aromatic rings. The molecule has 4 heteroatoms. The van der Waals surface area contributed by atoms with Gasteiger partial charge < -0.3 is 10.0 Å². The molecule has 2 fully saturated rings. The first-order chi connectivity index (χ1) is 11.0. The molecule has 2 aliphatic rings. The van der Waals surface area contributed by atoms with E-state index in [-0.39, 0.29) is 6.54 Å². The van der Waals surface area contributed by atoms with Crippen molar-refractivity contribution < 1.29 is 9.90 Å². The number of likely N-dealkylation sites (tertiary alicyclic amines) is 1. The zero-order chi connectivity index (χ0) is 16.8. The molecule has 1 saturated heterocycles. The summed E-state index contributed by atoms with van der Waals surface area (Å²) in [5.41, 5.74) is 0. The summed E-state index contributed by atoms with van der Waals surface area (Å²) >= 11 is 0. The minimum Gasteiger partial charge on any atom is -0.480 e. The van der Waals surface area contributed by atoms with Crippen molar-refractivity contribution in [3.8, 4) is 0 Å². The molecule has 2 rings (SSSR count). The van der Waals surface area contributed by atoms with Crippen LogP contribution in [0.1, 0.15) is 58.8 Å². The van der Waals surface area contributed by atoms with Crippen LogP contribution in [0.5, 0.6) is 0 Å². The second-order valence-corrected chi connectivity index (χ2v) is 8.22. The Kier molecular flexibility index (Phi) is 7.35. The van der Waals surface area contributed by atoms with Gasteiger partial charge in [-0.3, -0.25) is 9.69 Å². The molecule has 4 nitrogen and oxygen atoms in total. The van der Waals surface area contributed by atoms with Gasteiger partial charge in [-0.05, 0) is 82.8 Å². The molecule has 1 saturated carbocycles. The van der Waals surface area contributed by atoms with Crippen molar-refractivity contribution in [2.24, 2.45) is 17.8 Å². The third kappa shape index (κ3) is 6.07. The smallest absolute Gasteiger partial charge is 0.317 e. The fourth-order valence-corrected chi connectivity index (χ4v) is 4.51. The summed E-state index contributed by atoms with van der Waals surface area (Å²) in [5, 5.41) is 8.96. The molecule has 1 aliphatic carbocycles. The van der Waals surface area contributed by atoms with Crippen molar-refractivity contribution in [1.29, 1.82) is 0 Å². The largest absolute Gasteiger partial charge is 0.480 e. The first-order valence-corrected chi connectivity index (χ1v) is 9.60. The number of hydrogen-bond acceptors (Lipinski definition) is 3. The summed E-state index contributed by atoms with van der Waals surface area (Å²) in [7, 11) is 1.96. The normalized spacial score (nSPS) is 30.6. The fourth-order valence-electron chi connectivity index (χ4n) is 4.51. The summed E-state index contributed by atoms with van der Waals surface area (Å²) < 4.78 is 0. The first kappa shape index (κ1) is 18.7. The number of likely N-dealkylation sites (N-methyl/N-ethyl adjacent to an activating group) is 1. The van der Waals surface area contributed by atoms with Crippen LogP contribution in [0.2, 0.25) is 0 Å². The van der Waals surface area contributed by atoms with Gasteiger partial charge in [0, 0.05) is 12.6 Å². The SMILES string of the molecule is CC(C)C1CCC(CN2CCCC(N(C)CC(=O)O)CC2)CC1. The summed E-state index contributed by atoms with van der Waals surface area (Å²) in [4.78, 5) is 15.6. The maximum Gasteiger partial charge on any atom is 0.317 e. The highest BCUT2D eigenvalue weighted by molar-refractivity contribution is 5.69. The lowest BCUT2D eigenvalue weighted by molar-refractivity contribution is -0.138. The van der Waals surface area contributed by atoms with Crippen LogP contribution in [0.3, 0.4) is 0 Å². The lowest BCUT2D eigenvalue weighted by atomic mass is 9.77. The molecule has 1 heterocycles. The van der Waals surface area contributed by atoms with Gasteiger partial charge in [0.1, 0.15) is 0 Å². The number of carbonyl (C=O) groups is 1. The Morgan fingerprint density at radius 3 is 2.43 bits per heavy atom. The van der Waals surface area contributed by atoms with Crippen LogP contribution in [-0.2, 0) is 4.79 Å². The number of carboxylic acid groups (broad SMARTS) is 1. The summed E-state index contributed by atoms with van der Waals surface area (Å²) in [5.74, 6) is 1.97. The topological polar surface area (TPSA) is 43.8 Å². The zero-order valence-corrected chi connectivity index (χ0v) is 15.3. The highest BCUT2D eigenvalue weighted by Crippen LogP contribution is 2.33. The number of nitrogens with zero attached hydrogens (tertiary/aromatic N) is 2. The van der Waals surface area contributed by atoms with Gasteiger partial charge in [0.05, 0.1) is 6.54 Å². The molecule has 1 aliphatic heterocycles. The standard InChI is InChI=1S/C19H36N2O2/c1-15(2)17-8-6-16(7-9-17)13-21-11-4-5-18(10-12-21)20(3)14-19(22)23/h15-18H,4-14H2,1-3H3,(H,22,23). The van der Waals surface area contributed by atoms with Crippen LogP contribution >= 0.6 is 0 Å². The van der Waals surface area contributed by atoms with Crippen molar-refractivity contribution in [3.63, 3.8) is 0 Å². The van der Waals surface area contributed by atoms with Crippen LogP contribution in [-0.4, -0.2) is 60.1 Å². The van der Waals surface area contributed by atoms with Crippen molar-refractivity contribution in [2.75, 3.05) is 33.2 Å². The van der Waals surface area contributed by atoms with E-state index in [2.05, 4.69) is 18.7 Å². The zero-order valence-electron chi connectivity index (χ0n) is 15.3. The second-order valence-electron chi connectivity index (χ2n) is 8.22. The van der Waals surface area contributed by atoms with Gasteiger partial charge in [0.2, 0.25) is 0 Å². The molecule has 1 N–H and O–H groups in total. The van der Waals surface area contributed by atoms with E-state index in [0.29, 0.717) is 6.04 Å². The average molecular weight is 325 g/mol. The first-order valence-electron chi connectivity index (χ1n) is 9.60. The Morgan fingerprint density at radius 1 is 1.13 bits per heavy atom. The molecule has 0 aromatic heterocycles. The van der Waals surface area contributed by atoms with E-state index in [1.165, 1.54) is 45.2 Å². The van der Waals surface area contributed by atoms with Gasteiger partial charge >= 0.3 is 5.97 Å². The van der Waals surface area contributed by atoms with E-state index >= 15 is 0 Å².